The molecule has 0 spiro atoms. The molecule has 1 N–H and O–H groups in total. The van der Waals surface area contributed by atoms with Crippen molar-refractivity contribution in [3.63, 3.8) is 0 Å². The number of aliphatic hydroxyl groups is 1. The molecule has 0 saturated carbocycles. The third kappa shape index (κ3) is 3.58. The maximum Gasteiger partial charge on any atom is 0.219 e. The van der Waals surface area contributed by atoms with Crippen molar-refractivity contribution in [2.45, 2.75) is 40.2 Å². The molecule has 1 aromatic heterocycles. The van der Waals surface area contributed by atoms with Crippen LogP contribution in [0.2, 0.25) is 0 Å². The van der Waals surface area contributed by atoms with Crippen LogP contribution >= 0.6 is 0 Å². The summed E-state index contributed by atoms with van der Waals surface area (Å²) in [4.78, 5) is 4.50. The van der Waals surface area contributed by atoms with Crippen molar-refractivity contribution in [3.05, 3.63) is 52.7 Å². The van der Waals surface area contributed by atoms with E-state index in [1.165, 1.54) is 5.56 Å². The number of aliphatic hydroxyl groups excluding tert-OH is 1. The largest absolute Gasteiger partial charge is 0.439 e. The molecule has 3 heteroatoms. The molecular weight excluding hydrogens is 250 g/mol. The van der Waals surface area contributed by atoms with Gasteiger partial charge in [0.2, 0.25) is 5.88 Å². The lowest BCUT2D eigenvalue weighted by Crippen LogP contribution is -1.98. The van der Waals surface area contributed by atoms with Crippen molar-refractivity contribution < 1.29 is 9.84 Å². The fraction of sp³-hybridized carbons (Fsp3) is 0.353. The average molecular weight is 271 g/mol. The van der Waals surface area contributed by atoms with Gasteiger partial charge in [-0.15, -0.1) is 0 Å². The molecule has 106 valence electrons. The van der Waals surface area contributed by atoms with Gasteiger partial charge in [-0.25, -0.2) is 4.98 Å². The van der Waals surface area contributed by atoms with E-state index in [-0.39, 0.29) is 6.61 Å². The van der Waals surface area contributed by atoms with Gasteiger partial charge in [0.15, 0.2) is 0 Å². The highest BCUT2D eigenvalue weighted by atomic mass is 16.5. The van der Waals surface area contributed by atoms with Crippen LogP contribution in [0.4, 0.5) is 0 Å². The highest BCUT2D eigenvalue weighted by Gasteiger charge is 2.06. The predicted octanol–water partition coefficient (Wildman–Crippen LogP) is 3.94. The molecule has 0 aliphatic rings. The number of hydrogen-bond donors (Lipinski definition) is 1. The first-order chi connectivity index (χ1) is 9.62. The molecule has 0 radical (unpaired) electrons. The summed E-state index contributed by atoms with van der Waals surface area (Å²) in [6.45, 7) is 6.19. The Bertz CT molecular complexity index is 594. The number of aryl methyl sites for hydroxylation is 3. The van der Waals surface area contributed by atoms with Crippen molar-refractivity contribution in [3.8, 4) is 11.6 Å². The molecule has 0 amide bonds. The first-order valence-electron chi connectivity index (χ1n) is 6.98. The number of pyridine rings is 1. The highest BCUT2D eigenvalue weighted by molar-refractivity contribution is 5.38. The Kier molecular flexibility index (Phi) is 4.74. The Hall–Kier alpha value is -1.87. The number of ether oxygens (including phenoxy) is 1. The zero-order chi connectivity index (χ0) is 14.5. The Morgan fingerprint density at radius 1 is 1.15 bits per heavy atom. The molecule has 3 nitrogen and oxygen atoms in total. The lowest BCUT2D eigenvalue weighted by Gasteiger charge is -2.11. The monoisotopic (exact) mass is 271 g/mol. The molecule has 2 rings (SSSR count). The van der Waals surface area contributed by atoms with E-state index in [4.69, 9.17) is 4.74 Å². The Labute approximate surface area is 120 Å². The molecule has 1 aromatic carbocycles. The first kappa shape index (κ1) is 14.5. The van der Waals surface area contributed by atoms with Crippen molar-refractivity contribution in [1.82, 2.24) is 4.98 Å². The lowest BCUT2D eigenvalue weighted by molar-refractivity contribution is 0.280. The molecule has 0 aliphatic carbocycles. The van der Waals surface area contributed by atoms with E-state index in [1.54, 1.807) is 6.07 Å². The van der Waals surface area contributed by atoms with Gasteiger partial charge in [-0.3, -0.25) is 0 Å². The summed E-state index contributed by atoms with van der Waals surface area (Å²) in [5.74, 6) is 1.35. The smallest absolute Gasteiger partial charge is 0.219 e. The second-order valence-electron chi connectivity index (χ2n) is 5.08. The quantitative estimate of drug-likeness (QED) is 0.895. The average Bonchev–Trinajstić information content (AvgIpc) is 2.42. The van der Waals surface area contributed by atoms with E-state index in [9.17, 15) is 5.11 Å². The molecule has 0 saturated heterocycles. The number of hydrogen-bond acceptors (Lipinski definition) is 3. The van der Waals surface area contributed by atoms with E-state index in [1.807, 2.05) is 25.1 Å². The van der Waals surface area contributed by atoms with Gasteiger partial charge >= 0.3 is 0 Å². The van der Waals surface area contributed by atoms with Crippen molar-refractivity contribution in [1.29, 1.82) is 0 Å². The third-order valence-electron chi connectivity index (χ3n) is 3.15. The van der Waals surface area contributed by atoms with Crippen molar-refractivity contribution in [2.24, 2.45) is 0 Å². The van der Waals surface area contributed by atoms with E-state index >= 15 is 0 Å². The molecule has 20 heavy (non-hydrogen) atoms. The van der Waals surface area contributed by atoms with Crippen LogP contribution in [-0.2, 0) is 13.0 Å². The maximum absolute atomic E-state index is 9.33. The normalized spacial score (nSPS) is 10.6. The molecule has 0 fully saturated rings. The summed E-state index contributed by atoms with van der Waals surface area (Å²) in [6.07, 6.45) is 1.90. The highest BCUT2D eigenvalue weighted by Crippen LogP contribution is 2.25. The van der Waals surface area contributed by atoms with Crippen LogP contribution in [0.5, 0.6) is 11.6 Å². The van der Waals surface area contributed by atoms with Crippen molar-refractivity contribution in [2.75, 3.05) is 0 Å². The Morgan fingerprint density at radius 3 is 2.60 bits per heavy atom. The minimum Gasteiger partial charge on any atom is -0.439 e. The third-order valence-corrected chi connectivity index (χ3v) is 3.15. The number of rotatable bonds is 5. The summed E-state index contributed by atoms with van der Waals surface area (Å²) < 4.78 is 5.87. The van der Waals surface area contributed by atoms with Gasteiger partial charge in [0.05, 0.1) is 6.61 Å². The van der Waals surface area contributed by atoms with E-state index < -0.39 is 0 Å². The number of nitrogens with zero attached hydrogens (tertiary/aromatic N) is 1. The second kappa shape index (κ2) is 6.53. The summed E-state index contributed by atoms with van der Waals surface area (Å²) in [5, 5.41) is 9.33. The van der Waals surface area contributed by atoms with Gasteiger partial charge in [-0.05, 0) is 43.5 Å². The Balaban J connectivity index is 2.29. The van der Waals surface area contributed by atoms with Crippen LogP contribution in [-0.4, -0.2) is 10.1 Å². The van der Waals surface area contributed by atoms with E-state index in [0.29, 0.717) is 5.88 Å². The molecule has 0 aliphatic heterocycles. The van der Waals surface area contributed by atoms with Gasteiger partial charge in [0.25, 0.3) is 0 Å². The minimum atomic E-state index is 0.00245. The van der Waals surface area contributed by atoms with Gasteiger partial charge in [0.1, 0.15) is 5.75 Å². The summed E-state index contributed by atoms with van der Waals surface area (Å²) in [6, 6.07) is 9.78. The maximum atomic E-state index is 9.33. The predicted molar refractivity (Wildman–Crippen MR) is 80.1 cm³/mol. The standard InChI is InChI=1S/C17H21NO2/c1-4-5-15-9-14(11-19)10-17(18-15)20-16-7-6-12(2)8-13(16)3/h6-10,19H,4-5,11H2,1-3H3. The molecule has 1 heterocycles. The Morgan fingerprint density at radius 2 is 1.95 bits per heavy atom. The number of aromatic nitrogens is 1. The fourth-order valence-corrected chi connectivity index (χ4v) is 2.17. The minimum absolute atomic E-state index is 0.00245. The summed E-state index contributed by atoms with van der Waals surface area (Å²) in [5.41, 5.74) is 4.08. The SMILES string of the molecule is CCCc1cc(CO)cc(Oc2ccc(C)cc2C)n1. The van der Waals surface area contributed by atoms with Crippen LogP contribution in [0.25, 0.3) is 0 Å². The van der Waals surface area contributed by atoms with E-state index in [0.717, 1.165) is 35.4 Å². The molecule has 2 aromatic rings. The van der Waals surface area contributed by atoms with E-state index in [2.05, 4.69) is 24.9 Å². The summed E-state index contributed by atoms with van der Waals surface area (Å²) >= 11 is 0. The molecular formula is C17H21NO2. The van der Waals surface area contributed by atoms with Crippen LogP contribution in [0.1, 0.15) is 35.7 Å². The second-order valence-corrected chi connectivity index (χ2v) is 5.08. The topological polar surface area (TPSA) is 42.4 Å². The van der Waals surface area contributed by atoms with Gasteiger partial charge in [-0.2, -0.15) is 0 Å². The van der Waals surface area contributed by atoms with Gasteiger partial charge in [0, 0.05) is 11.8 Å². The zero-order valence-corrected chi connectivity index (χ0v) is 12.3. The molecule has 0 atom stereocenters. The van der Waals surface area contributed by atoms with Crippen LogP contribution in [0, 0.1) is 13.8 Å². The van der Waals surface area contributed by atoms with Gasteiger partial charge < -0.3 is 9.84 Å². The summed E-state index contributed by atoms with van der Waals surface area (Å²) in [7, 11) is 0. The number of benzene rings is 1. The zero-order valence-electron chi connectivity index (χ0n) is 12.3. The fourth-order valence-electron chi connectivity index (χ4n) is 2.17. The molecule has 0 bridgehead atoms. The van der Waals surface area contributed by atoms with Crippen LogP contribution < -0.4 is 4.74 Å². The first-order valence-corrected chi connectivity index (χ1v) is 6.98. The van der Waals surface area contributed by atoms with Crippen molar-refractivity contribution >= 4 is 0 Å². The van der Waals surface area contributed by atoms with Gasteiger partial charge in [-0.1, -0.05) is 31.0 Å². The van der Waals surface area contributed by atoms with Crippen LogP contribution in [0.3, 0.4) is 0 Å². The van der Waals surface area contributed by atoms with Crippen LogP contribution in [0.15, 0.2) is 30.3 Å². The molecule has 0 unspecified atom stereocenters. The lowest BCUT2D eigenvalue weighted by atomic mass is 10.1.